The van der Waals surface area contributed by atoms with Crippen LogP contribution in [0.15, 0.2) is 35.7 Å². The van der Waals surface area contributed by atoms with Crippen LogP contribution in [0.4, 0.5) is 4.79 Å². The van der Waals surface area contributed by atoms with Gasteiger partial charge in [-0.15, -0.1) is 0 Å². The molecule has 0 N–H and O–H groups in total. The lowest BCUT2D eigenvalue weighted by Crippen LogP contribution is -2.08. The highest BCUT2D eigenvalue weighted by Crippen LogP contribution is 2.18. The molecule has 4 nitrogen and oxygen atoms in total. The third kappa shape index (κ3) is 2.37. The molecule has 0 amide bonds. The number of carbonyl (C=O) groups is 1. The Kier molecular flexibility index (Phi) is 3.14. The number of furan rings is 1. The maximum absolute atomic E-state index is 10.8. The lowest BCUT2D eigenvalue weighted by Gasteiger charge is -2.09. The van der Waals surface area contributed by atoms with E-state index in [1.807, 2.05) is 0 Å². The van der Waals surface area contributed by atoms with E-state index in [9.17, 15) is 4.79 Å². The molecule has 0 aromatic carbocycles. The summed E-state index contributed by atoms with van der Waals surface area (Å²) in [5.41, 5.74) is 0.723. The summed E-state index contributed by atoms with van der Waals surface area (Å²) in [6.07, 6.45) is 3.20. The van der Waals surface area contributed by atoms with Gasteiger partial charge < -0.3 is 13.9 Å². The Morgan fingerprint density at radius 3 is 3.00 bits per heavy atom. The van der Waals surface area contributed by atoms with Crippen LogP contribution in [0.3, 0.4) is 0 Å². The van der Waals surface area contributed by atoms with Gasteiger partial charge in [0.25, 0.3) is 0 Å². The molecule has 4 heteroatoms. The highest BCUT2D eigenvalue weighted by atomic mass is 16.7. The van der Waals surface area contributed by atoms with Gasteiger partial charge in [-0.3, -0.25) is 0 Å². The van der Waals surface area contributed by atoms with E-state index in [0.717, 1.165) is 5.56 Å². The highest BCUT2D eigenvalue weighted by molar-refractivity contribution is 5.60. The molecule has 0 fully saturated rings. The Morgan fingerprint density at radius 1 is 1.77 bits per heavy atom. The van der Waals surface area contributed by atoms with Gasteiger partial charge >= 0.3 is 6.16 Å². The highest BCUT2D eigenvalue weighted by Gasteiger charge is 2.13. The zero-order valence-electron chi connectivity index (χ0n) is 7.23. The van der Waals surface area contributed by atoms with E-state index in [1.165, 1.54) is 25.7 Å². The fourth-order valence-corrected chi connectivity index (χ4v) is 0.841. The molecule has 1 aromatic rings. The SMILES string of the molecule is C=CC(OC(=O)OC)c1ccoc1. The van der Waals surface area contributed by atoms with Crippen molar-refractivity contribution in [1.82, 2.24) is 0 Å². The van der Waals surface area contributed by atoms with Crippen molar-refractivity contribution in [3.63, 3.8) is 0 Å². The van der Waals surface area contributed by atoms with Crippen LogP contribution in [0.25, 0.3) is 0 Å². The van der Waals surface area contributed by atoms with Crippen molar-refractivity contribution >= 4 is 6.16 Å². The summed E-state index contributed by atoms with van der Waals surface area (Å²) in [5, 5.41) is 0. The van der Waals surface area contributed by atoms with Crippen molar-refractivity contribution in [1.29, 1.82) is 0 Å². The van der Waals surface area contributed by atoms with Crippen molar-refractivity contribution in [3.05, 3.63) is 36.8 Å². The topological polar surface area (TPSA) is 48.7 Å². The van der Waals surface area contributed by atoms with Crippen molar-refractivity contribution in [2.45, 2.75) is 6.10 Å². The normalized spacial score (nSPS) is 11.8. The Hall–Kier alpha value is -1.71. The van der Waals surface area contributed by atoms with Crippen LogP contribution < -0.4 is 0 Å². The zero-order chi connectivity index (χ0) is 9.68. The zero-order valence-corrected chi connectivity index (χ0v) is 7.23. The lowest BCUT2D eigenvalue weighted by molar-refractivity contribution is 0.0521. The van der Waals surface area contributed by atoms with E-state index in [0.29, 0.717) is 0 Å². The van der Waals surface area contributed by atoms with Crippen molar-refractivity contribution < 1.29 is 18.7 Å². The monoisotopic (exact) mass is 182 g/mol. The summed E-state index contributed by atoms with van der Waals surface area (Å²) in [4.78, 5) is 10.8. The van der Waals surface area contributed by atoms with Crippen molar-refractivity contribution in [3.8, 4) is 0 Å². The molecule has 0 aliphatic rings. The molecule has 0 saturated heterocycles. The Morgan fingerprint density at radius 2 is 2.54 bits per heavy atom. The predicted molar refractivity (Wildman–Crippen MR) is 45.1 cm³/mol. The van der Waals surface area contributed by atoms with Gasteiger partial charge in [-0.2, -0.15) is 0 Å². The van der Waals surface area contributed by atoms with Crippen LogP contribution in [0.5, 0.6) is 0 Å². The van der Waals surface area contributed by atoms with Crippen molar-refractivity contribution in [2.24, 2.45) is 0 Å². The average Bonchev–Trinajstić information content (AvgIpc) is 2.66. The molecular weight excluding hydrogens is 172 g/mol. The van der Waals surface area contributed by atoms with E-state index in [-0.39, 0.29) is 0 Å². The van der Waals surface area contributed by atoms with E-state index in [2.05, 4.69) is 11.3 Å². The fraction of sp³-hybridized carbons (Fsp3) is 0.222. The first-order valence-electron chi connectivity index (χ1n) is 3.67. The number of carbonyl (C=O) groups excluding carboxylic acids is 1. The van der Waals surface area contributed by atoms with Gasteiger partial charge in [0.05, 0.1) is 19.6 Å². The molecular formula is C9H10O4. The lowest BCUT2D eigenvalue weighted by atomic mass is 10.2. The quantitative estimate of drug-likeness (QED) is 0.531. The molecule has 0 bridgehead atoms. The van der Waals surface area contributed by atoms with E-state index >= 15 is 0 Å². The molecule has 0 spiro atoms. The summed E-state index contributed by atoms with van der Waals surface area (Å²) in [6, 6.07) is 1.69. The second-order valence-corrected chi connectivity index (χ2v) is 2.28. The van der Waals surface area contributed by atoms with Crippen LogP contribution in [0.1, 0.15) is 11.7 Å². The Bertz CT molecular complexity index is 276. The predicted octanol–water partition coefficient (Wildman–Crippen LogP) is 2.29. The third-order valence-corrected chi connectivity index (χ3v) is 1.48. The van der Waals surface area contributed by atoms with E-state index in [1.54, 1.807) is 6.07 Å². The van der Waals surface area contributed by atoms with Crippen LogP contribution in [0.2, 0.25) is 0 Å². The van der Waals surface area contributed by atoms with Crippen LogP contribution in [-0.4, -0.2) is 13.3 Å². The average molecular weight is 182 g/mol. The molecule has 13 heavy (non-hydrogen) atoms. The van der Waals surface area contributed by atoms with Gasteiger partial charge in [-0.05, 0) is 12.1 Å². The Balaban J connectivity index is 2.64. The molecule has 0 aliphatic carbocycles. The van der Waals surface area contributed by atoms with Crippen molar-refractivity contribution in [2.75, 3.05) is 7.11 Å². The maximum atomic E-state index is 10.8. The fourth-order valence-electron chi connectivity index (χ4n) is 0.841. The van der Waals surface area contributed by atoms with Gasteiger partial charge in [0.15, 0.2) is 6.10 Å². The molecule has 0 saturated carbocycles. The second kappa shape index (κ2) is 4.35. The van der Waals surface area contributed by atoms with Crippen LogP contribution >= 0.6 is 0 Å². The summed E-state index contributed by atoms with van der Waals surface area (Å²) in [6.45, 7) is 3.53. The Labute approximate surface area is 75.7 Å². The molecule has 1 atom stereocenters. The van der Waals surface area contributed by atoms with Crippen LogP contribution in [0, 0.1) is 0 Å². The molecule has 1 heterocycles. The third-order valence-electron chi connectivity index (χ3n) is 1.48. The number of rotatable bonds is 3. The first-order valence-corrected chi connectivity index (χ1v) is 3.67. The van der Waals surface area contributed by atoms with Gasteiger partial charge in [-0.1, -0.05) is 6.58 Å². The largest absolute Gasteiger partial charge is 0.508 e. The van der Waals surface area contributed by atoms with E-state index < -0.39 is 12.3 Å². The minimum Gasteiger partial charge on any atom is -0.472 e. The van der Waals surface area contributed by atoms with E-state index in [4.69, 9.17) is 9.15 Å². The summed E-state index contributed by atoms with van der Waals surface area (Å²) < 4.78 is 14.0. The molecule has 1 aromatic heterocycles. The van der Waals surface area contributed by atoms with Gasteiger partial charge in [0, 0.05) is 5.56 Å². The molecule has 1 rings (SSSR count). The van der Waals surface area contributed by atoms with Gasteiger partial charge in [0.1, 0.15) is 0 Å². The van der Waals surface area contributed by atoms with Gasteiger partial charge in [-0.25, -0.2) is 4.79 Å². The first-order chi connectivity index (χ1) is 6.27. The minimum absolute atomic E-state index is 0.522. The number of methoxy groups -OCH3 is 1. The standard InChI is InChI=1S/C9H10O4/c1-3-8(13-9(10)11-2)7-4-5-12-6-7/h3-6,8H,1H2,2H3. The molecule has 1 unspecified atom stereocenters. The number of ether oxygens (including phenoxy) is 2. The molecule has 0 radical (unpaired) electrons. The molecule has 70 valence electrons. The number of hydrogen-bond donors (Lipinski definition) is 0. The summed E-state index contributed by atoms with van der Waals surface area (Å²) in [7, 11) is 1.25. The number of hydrogen-bond acceptors (Lipinski definition) is 4. The second-order valence-electron chi connectivity index (χ2n) is 2.28. The molecule has 0 aliphatic heterocycles. The van der Waals surface area contributed by atoms with Crippen LogP contribution in [-0.2, 0) is 9.47 Å². The minimum atomic E-state index is -0.744. The van der Waals surface area contributed by atoms with Gasteiger partial charge in [0.2, 0.25) is 0 Å². The smallest absolute Gasteiger partial charge is 0.472 e. The summed E-state index contributed by atoms with van der Waals surface area (Å²) >= 11 is 0. The first kappa shape index (κ1) is 9.38. The maximum Gasteiger partial charge on any atom is 0.508 e. The summed E-state index contributed by atoms with van der Waals surface area (Å²) in [5.74, 6) is 0.